The Morgan fingerprint density at radius 1 is 1.12 bits per heavy atom. The number of para-hydroxylation sites is 1. The number of ether oxygens (including phenoxy) is 1. The van der Waals surface area contributed by atoms with Gasteiger partial charge in [-0.25, -0.2) is 0 Å². The van der Waals surface area contributed by atoms with Crippen LogP contribution in [0.25, 0.3) is 0 Å². The van der Waals surface area contributed by atoms with Gasteiger partial charge in [-0.2, -0.15) is 0 Å². The van der Waals surface area contributed by atoms with Crippen molar-refractivity contribution >= 4 is 11.6 Å². The Labute approximate surface area is 146 Å². The van der Waals surface area contributed by atoms with Gasteiger partial charge in [-0.15, -0.1) is 0 Å². The molecule has 0 aliphatic carbocycles. The fourth-order valence-electron chi connectivity index (χ4n) is 2.42. The molecule has 0 saturated heterocycles. The van der Waals surface area contributed by atoms with Crippen molar-refractivity contribution in [3.8, 4) is 5.75 Å². The quantitative estimate of drug-likeness (QED) is 0.716. The van der Waals surface area contributed by atoms with Crippen molar-refractivity contribution in [3.63, 3.8) is 0 Å². The maximum absolute atomic E-state index is 12.4. The summed E-state index contributed by atoms with van der Waals surface area (Å²) in [5, 5.41) is 2.82. The van der Waals surface area contributed by atoms with Crippen molar-refractivity contribution in [2.75, 3.05) is 5.32 Å². The Balaban J connectivity index is 1.67. The van der Waals surface area contributed by atoms with Crippen LogP contribution in [0.15, 0.2) is 65.1 Å². The number of hydrogen-bond donors (Lipinski definition) is 2. The molecule has 0 spiro atoms. The molecule has 3 aromatic rings. The molecule has 0 aliphatic heterocycles. The summed E-state index contributed by atoms with van der Waals surface area (Å²) in [5.41, 5.74) is 8.09. The predicted molar refractivity (Wildman–Crippen MR) is 96.5 cm³/mol. The van der Waals surface area contributed by atoms with Crippen LogP contribution in [0, 0.1) is 6.92 Å². The lowest BCUT2D eigenvalue weighted by molar-refractivity contribution is 0.0995. The van der Waals surface area contributed by atoms with E-state index in [1.807, 2.05) is 61.5 Å². The normalized spacial score (nSPS) is 10.5. The molecule has 1 heterocycles. The van der Waals surface area contributed by atoms with Crippen LogP contribution in [0.2, 0.25) is 0 Å². The molecule has 5 heteroatoms. The van der Waals surface area contributed by atoms with Crippen molar-refractivity contribution in [3.05, 3.63) is 83.3 Å². The summed E-state index contributed by atoms with van der Waals surface area (Å²) in [7, 11) is 0. The molecule has 128 valence electrons. The number of carbonyl (C=O) groups is 1. The van der Waals surface area contributed by atoms with E-state index in [4.69, 9.17) is 14.9 Å². The van der Waals surface area contributed by atoms with Crippen LogP contribution in [0.3, 0.4) is 0 Å². The van der Waals surface area contributed by atoms with Gasteiger partial charge in [0.05, 0.1) is 0 Å². The summed E-state index contributed by atoms with van der Waals surface area (Å²) in [6.07, 6.45) is 0. The first-order chi connectivity index (χ1) is 12.2. The summed E-state index contributed by atoms with van der Waals surface area (Å²) in [6.45, 7) is 2.58. The highest BCUT2D eigenvalue weighted by Crippen LogP contribution is 2.19. The zero-order valence-corrected chi connectivity index (χ0v) is 14.0. The first kappa shape index (κ1) is 16.8. The first-order valence-electron chi connectivity index (χ1n) is 8.03. The van der Waals surface area contributed by atoms with Crippen molar-refractivity contribution in [1.29, 1.82) is 0 Å². The number of carbonyl (C=O) groups excluding carboxylic acids is 1. The Hall–Kier alpha value is -3.05. The minimum Gasteiger partial charge on any atom is -0.489 e. The lowest BCUT2D eigenvalue weighted by Gasteiger charge is -2.04. The van der Waals surface area contributed by atoms with E-state index < -0.39 is 0 Å². The van der Waals surface area contributed by atoms with E-state index in [1.165, 1.54) is 0 Å². The van der Waals surface area contributed by atoms with Gasteiger partial charge in [-0.1, -0.05) is 30.3 Å². The second kappa shape index (κ2) is 7.68. The van der Waals surface area contributed by atoms with E-state index in [-0.39, 0.29) is 11.7 Å². The van der Waals surface area contributed by atoms with Crippen LogP contribution in [0.1, 0.15) is 27.4 Å². The van der Waals surface area contributed by atoms with Gasteiger partial charge in [0, 0.05) is 17.8 Å². The van der Waals surface area contributed by atoms with Gasteiger partial charge >= 0.3 is 0 Å². The van der Waals surface area contributed by atoms with E-state index in [9.17, 15) is 4.79 Å². The van der Waals surface area contributed by atoms with Gasteiger partial charge in [0.25, 0.3) is 5.91 Å². The summed E-state index contributed by atoms with van der Waals surface area (Å²) in [6, 6.07) is 18.6. The lowest BCUT2D eigenvalue weighted by atomic mass is 10.2. The molecule has 3 N–H and O–H groups in total. The zero-order chi connectivity index (χ0) is 17.6. The van der Waals surface area contributed by atoms with Gasteiger partial charge in [-0.05, 0) is 42.8 Å². The number of hydrogen-bond acceptors (Lipinski definition) is 4. The number of anilines is 1. The third-order valence-electron chi connectivity index (χ3n) is 3.80. The van der Waals surface area contributed by atoms with Crippen molar-refractivity contribution in [1.82, 2.24) is 0 Å². The summed E-state index contributed by atoms with van der Waals surface area (Å²) >= 11 is 0. The lowest BCUT2D eigenvalue weighted by Crippen LogP contribution is -2.11. The minimum atomic E-state index is -0.303. The van der Waals surface area contributed by atoms with E-state index in [2.05, 4.69) is 5.32 Å². The molecule has 0 aliphatic rings. The number of benzene rings is 2. The maximum atomic E-state index is 12.4. The fraction of sp³-hybridized carbons (Fsp3) is 0.150. The largest absolute Gasteiger partial charge is 0.489 e. The molecule has 0 bridgehead atoms. The molecule has 0 radical (unpaired) electrons. The van der Waals surface area contributed by atoms with E-state index in [1.54, 1.807) is 6.07 Å². The van der Waals surface area contributed by atoms with Crippen LogP contribution >= 0.6 is 0 Å². The molecule has 5 nitrogen and oxygen atoms in total. The third-order valence-corrected chi connectivity index (χ3v) is 3.80. The zero-order valence-electron chi connectivity index (χ0n) is 14.0. The molecule has 0 atom stereocenters. The SMILES string of the molecule is Cc1oc(C(=O)Nc2cccc(CN)c2)cc1COc1ccccc1. The van der Waals surface area contributed by atoms with Crippen LogP contribution in [-0.4, -0.2) is 5.91 Å². The smallest absolute Gasteiger partial charge is 0.291 e. The van der Waals surface area contributed by atoms with E-state index >= 15 is 0 Å². The summed E-state index contributed by atoms with van der Waals surface area (Å²) in [4.78, 5) is 12.4. The number of amides is 1. The molecule has 0 unspecified atom stereocenters. The minimum absolute atomic E-state index is 0.252. The second-order valence-electron chi connectivity index (χ2n) is 5.65. The third kappa shape index (κ3) is 4.28. The number of nitrogens with one attached hydrogen (secondary N) is 1. The van der Waals surface area contributed by atoms with Gasteiger partial charge in [0.1, 0.15) is 18.1 Å². The van der Waals surface area contributed by atoms with Crippen molar-refractivity contribution < 1.29 is 13.9 Å². The number of nitrogens with two attached hydrogens (primary N) is 1. The van der Waals surface area contributed by atoms with Gasteiger partial charge in [0.2, 0.25) is 0 Å². The number of rotatable bonds is 6. The maximum Gasteiger partial charge on any atom is 0.291 e. The summed E-state index contributed by atoms with van der Waals surface area (Å²) < 4.78 is 11.3. The monoisotopic (exact) mass is 336 g/mol. The highest BCUT2D eigenvalue weighted by molar-refractivity contribution is 6.02. The van der Waals surface area contributed by atoms with Crippen LogP contribution < -0.4 is 15.8 Å². The molecule has 1 aromatic heterocycles. The first-order valence-corrected chi connectivity index (χ1v) is 8.03. The van der Waals surface area contributed by atoms with Crippen LogP contribution in [0.5, 0.6) is 5.75 Å². The van der Waals surface area contributed by atoms with Crippen molar-refractivity contribution in [2.24, 2.45) is 5.73 Å². The molecule has 1 amide bonds. The number of furan rings is 1. The molecular formula is C20H20N2O3. The van der Waals surface area contributed by atoms with Gasteiger partial charge < -0.3 is 20.2 Å². The molecular weight excluding hydrogens is 316 g/mol. The molecule has 25 heavy (non-hydrogen) atoms. The van der Waals surface area contributed by atoms with E-state index in [0.29, 0.717) is 24.6 Å². The Bertz CT molecular complexity index is 856. The molecule has 3 rings (SSSR count). The Morgan fingerprint density at radius 3 is 2.68 bits per heavy atom. The molecule has 0 saturated carbocycles. The molecule has 0 fully saturated rings. The number of aryl methyl sites for hydroxylation is 1. The topological polar surface area (TPSA) is 77.5 Å². The average Bonchev–Trinajstić information content (AvgIpc) is 3.02. The highest BCUT2D eigenvalue weighted by Gasteiger charge is 2.15. The van der Waals surface area contributed by atoms with Crippen LogP contribution in [0.4, 0.5) is 5.69 Å². The molecule has 2 aromatic carbocycles. The summed E-state index contributed by atoms with van der Waals surface area (Å²) in [5.74, 6) is 1.38. The van der Waals surface area contributed by atoms with Crippen molar-refractivity contribution in [2.45, 2.75) is 20.1 Å². The predicted octanol–water partition coefficient (Wildman–Crippen LogP) is 3.88. The highest BCUT2D eigenvalue weighted by atomic mass is 16.5. The van der Waals surface area contributed by atoms with Gasteiger partial charge in [0.15, 0.2) is 5.76 Å². The fourth-order valence-corrected chi connectivity index (χ4v) is 2.42. The average molecular weight is 336 g/mol. The Kier molecular flexibility index (Phi) is 5.16. The Morgan fingerprint density at radius 2 is 1.92 bits per heavy atom. The van der Waals surface area contributed by atoms with Crippen LogP contribution in [-0.2, 0) is 13.2 Å². The standard InChI is InChI=1S/C20H20N2O3/c1-14-16(13-24-18-8-3-2-4-9-18)11-19(25-14)20(23)22-17-7-5-6-15(10-17)12-21/h2-11H,12-13,21H2,1H3,(H,22,23). The van der Waals surface area contributed by atoms with Gasteiger partial charge in [-0.3, -0.25) is 4.79 Å². The van der Waals surface area contributed by atoms with E-state index in [0.717, 1.165) is 16.9 Å². The second-order valence-corrected chi connectivity index (χ2v) is 5.65.